The number of rotatable bonds is 3. The minimum atomic E-state index is -0.922. The van der Waals surface area contributed by atoms with Gasteiger partial charge in [0.25, 0.3) is 0 Å². The number of aliphatic carboxylic acids is 1. The van der Waals surface area contributed by atoms with E-state index in [0.29, 0.717) is 11.5 Å². The molecule has 28 heavy (non-hydrogen) atoms. The lowest BCUT2D eigenvalue weighted by Crippen LogP contribution is -2.13. The molecule has 0 amide bonds. The number of hydrogen-bond donors (Lipinski definition) is 2. The number of nitrogens with one attached hydrogen (secondary N) is 1. The van der Waals surface area contributed by atoms with Gasteiger partial charge < -0.3 is 15.2 Å². The Balaban J connectivity index is 0.000000162. The molecule has 4 rings (SSSR count). The third kappa shape index (κ3) is 5.17. The van der Waals surface area contributed by atoms with Crippen LogP contribution < -0.4 is 10.1 Å². The molecule has 0 saturated heterocycles. The molecule has 1 aliphatic heterocycles. The molecular formula is C22H21N3O3. The van der Waals surface area contributed by atoms with Crippen molar-refractivity contribution in [3.05, 3.63) is 83.2 Å². The lowest BCUT2D eigenvalue weighted by Gasteiger charge is -2.14. The maximum absolute atomic E-state index is 10.6. The van der Waals surface area contributed by atoms with Gasteiger partial charge in [-0.1, -0.05) is 36.4 Å². The van der Waals surface area contributed by atoms with Crippen LogP contribution in [-0.4, -0.2) is 27.7 Å². The van der Waals surface area contributed by atoms with E-state index in [9.17, 15) is 4.79 Å². The first-order valence-corrected chi connectivity index (χ1v) is 8.81. The van der Waals surface area contributed by atoms with E-state index in [4.69, 9.17) is 9.84 Å². The highest BCUT2D eigenvalue weighted by molar-refractivity contribution is 5.93. The van der Waals surface area contributed by atoms with E-state index in [-0.39, 0.29) is 6.61 Å². The van der Waals surface area contributed by atoms with E-state index in [2.05, 4.69) is 15.3 Å². The average molecular weight is 375 g/mol. The summed E-state index contributed by atoms with van der Waals surface area (Å²) in [5.74, 6) is 0.473. The standard InChI is InChI=1S/C12H13N3.C10H8O3/c1-9-8-10(2)14-12(13-9)15-11-6-4-3-5-7-11;11-10(12)8-5-7-3-1-2-4-9(7)13-6-8/h3-8H,1-2H3,(H,13,14,15);1-5H,6H2,(H,11,12). The highest BCUT2D eigenvalue weighted by Gasteiger charge is 2.15. The van der Waals surface area contributed by atoms with Crippen molar-refractivity contribution in [3.63, 3.8) is 0 Å². The minimum Gasteiger partial charge on any atom is -0.488 e. The molecule has 3 aromatic rings. The Bertz CT molecular complexity index is 981. The SMILES string of the molecule is Cc1cc(C)nc(Nc2ccccc2)n1.O=C(O)C1=Cc2ccccc2OC1. The Morgan fingerprint density at radius 1 is 1.00 bits per heavy atom. The second kappa shape index (κ2) is 8.81. The van der Waals surface area contributed by atoms with Crippen LogP contribution in [0.4, 0.5) is 11.6 Å². The van der Waals surface area contributed by atoms with Gasteiger partial charge in [-0.15, -0.1) is 0 Å². The number of carbonyl (C=O) groups is 1. The summed E-state index contributed by atoms with van der Waals surface area (Å²) in [4.78, 5) is 19.2. The molecule has 0 atom stereocenters. The zero-order valence-corrected chi connectivity index (χ0v) is 15.7. The van der Waals surface area contributed by atoms with Crippen molar-refractivity contribution < 1.29 is 14.6 Å². The van der Waals surface area contributed by atoms with Crippen molar-refractivity contribution in [1.29, 1.82) is 0 Å². The van der Waals surface area contributed by atoms with Gasteiger partial charge in [-0.3, -0.25) is 0 Å². The van der Waals surface area contributed by atoms with Crippen molar-refractivity contribution >= 4 is 23.7 Å². The minimum absolute atomic E-state index is 0.145. The number of aromatic nitrogens is 2. The van der Waals surface area contributed by atoms with E-state index in [1.54, 1.807) is 6.08 Å². The summed E-state index contributed by atoms with van der Waals surface area (Å²) in [5, 5.41) is 11.9. The fraction of sp³-hybridized carbons (Fsp3) is 0.136. The Labute approximate surface area is 163 Å². The summed E-state index contributed by atoms with van der Waals surface area (Å²) in [7, 11) is 0. The Morgan fingerprint density at radius 3 is 2.32 bits per heavy atom. The number of benzene rings is 2. The third-order valence-electron chi connectivity index (χ3n) is 3.92. The van der Waals surface area contributed by atoms with Crippen LogP contribution in [0.2, 0.25) is 0 Å². The number of ether oxygens (including phenoxy) is 1. The lowest BCUT2D eigenvalue weighted by molar-refractivity contribution is -0.132. The molecule has 2 N–H and O–H groups in total. The number of para-hydroxylation sites is 2. The van der Waals surface area contributed by atoms with E-state index in [0.717, 1.165) is 28.4 Å². The molecule has 2 aromatic carbocycles. The van der Waals surface area contributed by atoms with Crippen molar-refractivity contribution in [2.75, 3.05) is 11.9 Å². The van der Waals surface area contributed by atoms with Gasteiger partial charge in [-0.25, -0.2) is 14.8 Å². The Hall–Kier alpha value is -3.67. The van der Waals surface area contributed by atoms with E-state index >= 15 is 0 Å². The monoisotopic (exact) mass is 375 g/mol. The van der Waals surface area contributed by atoms with Crippen LogP contribution in [0.15, 0.2) is 66.2 Å². The number of aryl methyl sites for hydroxylation is 2. The lowest BCUT2D eigenvalue weighted by atomic mass is 10.1. The van der Waals surface area contributed by atoms with Gasteiger partial charge in [0.1, 0.15) is 12.4 Å². The maximum Gasteiger partial charge on any atom is 0.335 e. The summed E-state index contributed by atoms with van der Waals surface area (Å²) >= 11 is 0. The molecule has 0 unspecified atom stereocenters. The first-order valence-electron chi connectivity index (χ1n) is 8.81. The molecule has 6 heteroatoms. The van der Waals surface area contributed by atoms with Crippen molar-refractivity contribution in [3.8, 4) is 5.75 Å². The largest absolute Gasteiger partial charge is 0.488 e. The van der Waals surface area contributed by atoms with Crippen LogP contribution in [-0.2, 0) is 4.79 Å². The first kappa shape index (κ1) is 19.1. The van der Waals surface area contributed by atoms with Gasteiger partial charge in [0, 0.05) is 22.6 Å². The fourth-order valence-corrected chi connectivity index (χ4v) is 2.67. The summed E-state index contributed by atoms with van der Waals surface area (Å²) < 4.78 is 5.25. The molecular weight excluding hydrogens is 354 g/mol. The quantitative estimate of drug-likeness (QED) is 0.707. The number of fused-ring (bicyclic) bond motifs is 1. The van der Waals surface area contributed by atoms with Crippen LogP contribution in [0.1, 0.15) is 17.0 Å². The molecule has 142 valence electrons. The summed E-state index contributed by atoms with van der Waals surface area (Å²) in [6.45, 7) is 4.07. The predicted octanol–water partition coefficient (Wildman–Crippen LogP) is 4.38. The maximum atomic E-state index is 10.6. The summed E-state index contributed by atoms with van der Waals surface area (Å²) in [5.41, 5.74) is 4.06. The zero-order chi connectivity index (χ0) is 19.9. The summed E-state index contributed by atoms with van der Waals surface area (Å²) in [6.07, 6.45) is 1.64. The number of nitrogens with zero attached hydrogens (tertiary/aromatic N) is 2. The second-order valence-electron chi connectivity index (χ2n) is 6.27. The van der Waals surface area contributed by atoms with Gasteiger partial charge >= 0.3 is 5.97 Å². The van der Waals surface area contributed by atoms with E-state index in [1.807, 2.05) is 74.5 Å². The second-order valence-corrected chi connectivity index (χ2v) is 6.27. The van der Waals surface area contributed by atoms with Crippen LogP contribution in [0.25, 0.3) is 6.08 Å². The number of anilines is 2. The molecule has 0 saturated carbocycles. The third-order valence-corrected chi connectivity index (χ3v) is 3.92. The van der Waals surface area contributed by atoms with Gasteiger partial charge in [0.2, 0.25) is 5.95 Å². The molecule has 0 aliphatic carbocycles. The zero-order valence-electron chi connectivity index (χ0n) is 15.7. The highest BCUT2D eigenvalue weighted by Crippen LogP contribution is 2.25. The number of carboxylic acid groups (broad SMARTS) is 1. The van der Waals surface area contributed by atoms with Crippen molar-refractivity contribution in [2.45, 2.75) is 13.8 Å². The number of carboxylic acids is 1. The van der Waals surface area contributed by atoms with Crippen LogP contribution in [0, 0.1) is 13.8 Å². The smallest absolute Gasteiger partial charge is 0.335 e. The van der Waals surface area contributed by atoms with Crippen molar-refractivity contribution in [1.82, 2.24) is 9.97 Å². The summed E-state index contributed by atoms with van der Waals surface area (Å²) in [6, 6.07) is 19.2. The normalized spacial score (nSPS) is 11.9. The first-order chi connectivity index (χ1) is 13.5. The fourth-order valence-electron chi connectivity index (χ4n) is 2.67. The highest BCUT2D eigenvalue weighted by atomic mass is 16.5. The van der Waals surface area contributed by atoms with Crippen LogP contribution in [0.3, 0.4) is 0 Å². The van der Waals surface area contributed by atoms with Crippen LogP contribution in [0.5, 0.6) is 5.75 Å². The van der Waals surface area contributed by atoms with Gasteiger partial charge in [-0.05, 0) is 44.2 Å². The van der Waals surface area contributed by atoms with E-state index in [1.165, 1.54) is 0 Å². The predicted molar refractivity (Wildman–Crippen MR) is 109 cm³/mol. The topological polar surface area (TPSA) is 84.3 Å². The molecule has 0 fully saturated rings. The van der Waals surface area contributed by atoms with Gasteiger partial charge in [0.15, 0.2) is 0 Å². The average Bonchev–Trinajstić information content (AvgIpc) is 2.68. The molecule has 1 aromatic heterocycles. The Kier molecular flexibility index (Phi) is 6.01. The van der Waals surface area contributed by atoms with Crippen molar-refractivity contribution in [2.24, 2.45) is 0 Å². The molecule has 6 nitrogen and oxygen atoms in total. The molecule has 0 radical (unpaired) electrons. The Morgan fingerprint density at radius 2 is 1.64 bits per heavy atom. The molecule has 2 heterocycles. The number of hydrogen-bond acceptors (Lipinski definition) is 5. The molecule has 0 spiro atoms. The van der Waals surface area contributed by atoms with Gasteiger partial charge in [0.05, 0.1) is 5.57 Å². The van der Waals surface area contributed by atoms with Crippen LogP contribution >= 0.6 is 0 Å². The van der Waals surface area contributed by atoms with Gasteiger partial charge in [-0.2, -0.15) is 0 Å². The molecule has 1 aliphatic rings. The van der Waals surface area contributed by atoms with E-state index < -0.39 is 5.97 Å². The molecule has 0 bridgehead atoms.